The SMILES string of the molecule is CN(C)c1nc(NC2CCCOC2)c2ccc(OCCCN3CCCC3)cc2n1. The lowest BCUT2D eigenvalue weighted by Crippen LogP contribution is -2.30. The molecule has 29 heavy (non-hydrogen) atoms. The maximum absolute atomic E-state index is 6.02. The first-order chi connectivity index (χ1) is 14.2. The number of nitrogens with one attached hydrogen (secondary N) is 1. The van der Waals surface area contributed by atoms with Gasteiger partial charge in [-0.3, -0.25) is 0 Å². The van der Waals surface area contributed by atoms with Gasteiger partial charge in [0.2, 0.25) is 5.95 Å². The molecule has 4 rings (SSSR count). The van der Waals surface area contributed by atoms with E-state index in [1.54, 1.807) is 0 Å². The van der Waals surface area contributed by atoms with Crippen LogP contribution >= 0.6 is 0 Å². The van der Waals surface area contributed by atoms with Gasteiger partial charge in [0, 0.05) is 38.7 Å². The number of nitrogens with zero attached hydrogens (tertiary/aromatic N) is 4. The van der Waals surface area contributed by atoms with E-state index in [0.717, 1.165) is 68.1 Å². The maximum Gasteiger partial charge on any atom is 0.227 e. The fraction of sp³-hybridized carbons (Fsp3) is 0.636. The maximum atomic E-state index is 6.02. The molecule has 2 aliphatic heterocycles. The van der Waals surface area contributed by atoms with E-state index < -0.39 is 0 Å². The summed E-state index contributed by atoms with van der Waals surface area (Å²) in [6.45, 7) is 5.91. The van der Waals surface area contributed by atoms with Crippen molar-refractivity contribution in [2.45, 2.75) is 38.1 Å². The van der Waals surface area contributed by atoms with Gasteiger partial charge < -0.3 is 24.6 Å². The third kappa shape index (κ3) is 5.28. The Bertz CT molecular complexity index is 801. The van der Waals surface area contributed by atoms with E-state index in [1.165, 1.54) is 25.9 Å². The van der Waals surface area contributed by atoms with Crippen LogP contribution in [0.4, 0.5) is 11.8 Å². The molecule has 0 radical (unpaired) electrons. The Kier molecular flexibility index (Phi) is 6.67. The van der Waals surface area contributed by atoms with Crippen LogP contribution in [0.15, 0.2) is 18.2 Å². The van der Waals surface area contributed by atoms with Crippen LogP contribution in [0.1, 0.15) is 32.1 Å². The molecule has 1 unspecified atom stereocenters. The van der Waals surface area contributed by atoms with Gasteiger partial charge in [0.25, 0.3) is 0 Å². The molecule has 7 nitrogen and oxygen atoms in total. The lowest BCUT2D eigenvalue weighted by Gasteiger charge is -2.25. The van der Waals surface area contributed by atoms with Gasteiger partial charge in [0.1, 0.15) is 11.6 Å². The Hall–Kier alpha value is -2.12. The molecule has 2 fully saturated rings. The van der Waals surface area contributed by atoms with Gasteiger partial charge in [-0.1, -0.05) is 0 Å². The predicted molar refractivity (Wildman–Crippen MR) is 117 cm³/mol. The minimum Gasteiger partial charge on any atom is -0.493 e. The summed E-state index contributed by atoms with van der Waals surface area (Å²) in [5.41, 5.74) is 0.903. The van der Waals surface area contributed by atoms with Crippen LogP contribution in [0.2, 0.25) is 0 Å². The molecule has 1 N–H and O–H groups in total. The molecule has 0 spiro atoms. The third-order valence-corrected chi connectivity index (χ3v) is 5.64. The summed E-state index contributed by atoms with van der Waals surface area (Å²) in [6.07, 6.45) is 5.91. The van der Waals surface area contributed by atoms with Gasteiger partial charge in [-0.15, -0.1) is 0 Å². The molecule has 158 valence electrons. The molecule has 1 aromatic carbocycles. The molecule has 0 saturated carbocycles. The Morgan fingerprint density at radius 3 is 2.83 bits per heavy atom. The molecule has 0 aliphatic carbocycles. The molecule has 2 saturated heterocycles. The van der Waals surface area contributed by atoms with E-state index in [4.69, 9.17) is 19.4 Å². The molecule has 0 bridgehead atoms. The summed E-state index contributed by atoms with van der Waals surface area (Å²) >= 11 is 0. The third-order valence-electron chi connectivity index (χ3n) is 5.64. The van der Waals surface area contributed by atoms with Gasteiger partial charge in [-0.25, -0.2) is 4.98 Å². The summed E-state index contributed by atoms with van der Waals surface area (Å²) < 4.78 is 11.6. The number of hydrogen-bond acceptors (Lipinski definition) is 7. The summed E-state index contributed by atoms with van der Waals surface area (Å²) in [6, 6.07) is 6.41. The van der Waals surface area contributed by atoms with Crippen molar-refractivity contribution in [1.29, 1.82) is 0 Å². The molecule has 1 aromatic heterocycles. The number of hydrogen-bond donors (Lipinski definition) is 1. The van der Waals surface area contributed by atoms with Crippen molar-refractivity contribution in [1.82, 2.24) is 14.9 Å². The molecule has 1 atom stereocenters. The smallest absolute Gasteiger partial charge is 0.227 e. The number of rotatable bonds is 8. The van der Waals surface area contributed by atoms with Crippen LogP contribution in [0.5, 0.6) is 5.75 Å². The van der Waals surface area contributed by atoms with Crippen molar-refractivity contribution in [2.75, 3.05) is 63.8 Å². The first kappa shape index (κ1) is 20.2. The highest BCUT2D eigenvalue weighted by Gasteiger charge is 2.17. The van der Waals surface area contributed by atoms with Crippen LogP contribution in [0.3, 0.4) is 0 Å². The lowest BCUT2D eigenvalue weighted by atomic mass is 10.1. The number of likely N-dealkylation sites (tertiary alicyclic amines) is 1. The van der Waals surface area contributed by atoms with Crippen LogP contribution in [0.25, 0.3) is 10.9 Å². The van der Waals surface area contributed by atoms with Crippen molar-refractivity contribution >= 4 is 22.7 Å². The topological polar surface area (TPSA) is 62.8 Å². The van der Waals surface area contributed by atoms with Gasteiger partial charge in [-0.2, -0.15) is 4.98 Å². The van der Waals surface area contributed by atoms with E-state index >= 15 is 0 Å². The second kappa shape index (κ2) is 9.59. The zero-order valence-electron chi connectivity index (χ0n) is 17.7. The minimum absolute atomic E-state index is 0.290. The van der Waals surface area contributed by atoms with Crippen molar-refractivity contribution in [2.24, 2.45) is 0 Å². The van der Waals surface area contributed by atoms with E-state index in [9.17, 15) is 0 Å². The van der Waals surface area contributed by atoms with Gasteiger partial charge in [0.15, 0.2) is 0 Å². The Morgan fingerprint density at radius 2 is 2.07 bits per heavy atom. The monoisotopic (exact) mass is 399 g/mol. The van der Waals surface area contributed by atoms with Crippen LogP contribution < -0.4 is 15.0 Å². The fourth-order valence-corrected chi connectivity index (χ4v) is 4.03. The van der Waals surface area contributed by atoms with Crippen LogP contribution in [-0.4, -0.2) is 74.5 Å². The zero-order chi connectivity index (χ0) is 20.1. The van der Waals surface area contributed by atoms with Gasteiger partial charge in [-0.05, 0) is 57.3 Å². The number of aromatic nitrogens is 2. The van der Waals surface area contributed by atoms with Crippen LogP contribution in [-0.2, 0) is 4.74 Å². The first-order valence-corrected chi connectivity index (χ1v) is 10.9. The Labute approximate surface area is 173 Å². The minimum atomic E-state index is 0.290. The van der Waals surface area contributed by atoms with E-state index in [0.29, 0.717) is 12.0 Å². The molecule has 3 heterocycles. The summed E-state index contributed by atoms with van der Waals surface area (Å²) in [4.78, 5) is 13.9. The Balaban J connectivity index is 1.46. The second-order valence-corrected chi connectivity index (χ2v) is 8.25. The van der Waals surface area contributed by atoms with Crippen molar-refractivity contribution in [3.05, 3.63) is 18.2 Å². The summed E-state index contributed by atoms with van der Waals surface area (Å²) in [5, 5.41) is 4.59. The average molecular weight is 400 g/mol. The van der Waals surface area contributed by atoms with Crippen LogP contribution in [0, 0.1) is 0 Å². The fourth-order valence-electron chi connectivity index (χ4n) is 4.03. The predicted octanol–water partition coefficient (Wildman–Crippen LogP) is 3.15. The molecular formula is C22H33N5O2. The normalized spacial score (nSPS) is 20.1. The highest BCUT2D eigenvalue weighted by atomic mass is 16.5. The number of ether oxygens (including phenoxy) is 2. The standard InChI is InChI=1S/C22H33N5O2/c1-26(2)22-24-20-15-18(29-14-6-12-27-10-3-4-11-27)8-9-19(20)21(25-22)23-17-7-5-13-28-16-17/h8-9,15,17H,3-7,10-14,16H2,1-2H3,(H,23,24,25). The lowest BCUT2D eigenvalue weighted by molar-refractivity contribution is 0.0875. The second-order valence-electron chi connectivity index (χ2n) is 8.25. The van der Waals surface area contributed by atoms with E-state index in [2.05, 4.69) is 16.3 Å². The quantitative estimate of drug-likeness (QED) is 0.684. The summed E-state index contributed by atoms with van der Waals surface area (Å²) in [5.74, 6) is 2.44. The van der Waals surface area contributed by atoms with E-state index in [1.807, 2.05) is 31.1 Å². The highest BCUT2D eigenvalue weighted by molar-refractivity contribution is 5.91. The number of anilines is 2. The molecular weight excluding hydrogens is 366 g/mol. The van der Waals surface area contributed by atoms with Gasteiger partial charge >= 0.3 is 0 Å². The van der Waals surface area contributed by atoms with Crippen molar-refractivity contribution in [3.8, 4) is 5.75 Å². The zero-order valence-corrected chi connectivity index (χ0v) is 17.7. The van der Waals surface area contributed by atoms with Gasteiger partial charge in [0.05, 0.1) is 24.8 Å². The van der Waals surface area contributed by atoms with E-state index in [-0.39, 0.29) is 0 Å². The Morgan fingerprint density at radius 1 is 1.21 bits per heavy atom. The molecule has 2 aromatic rings. The average Bonchev–Trinajstić information content (AvgIpc) is 3.25. The molecule has 7 heteroatoms. The molecule has 2 aliphatic rings. The largest absolute Gasteiger partial charge is 0.493 e. The van der Waals surface area contributed by atoms with Crippen molar-refractivity contribution < 1.29 is 9.47 Å². The highest BCUT2D eigenvalue weighted by Crippen LogP contribution is 2.28. The molecule has 0 amide bonds. The number of benzene rings is 1. The first-order valence-electron chi connectivity index (χ1n) is 10.9. The van der Waals surface area contributed by atoms with Crippen molar-refractivity contribution in [3.63, 3.8) is 0 Å². The number of fused-ring (bicyclic) bond motifs is 1. The summed E-state index contributed by atoms with van der Waals surface area (Å²) in [7, 11) is 3.93.